The van der Waals surface area contributed by atoms with Crippen molar-refractivity contribution in [2.75, 3.05) is 18.0 Å². The molecule has 2 N–H and O–H groups in total. The molecule has 25 heavy (non-hydrogen) atoms. The van der Waals surface area contributed by atoms with Crippen molar-refractivity contribution in [3.63, 3.8) is 0 Å². The van der Waals surface area contributed by atoms with Crippen LogP contribution in [0.4, 0.5) is 5.13 Å². The molecule has 1 aliphatic rings. The third kappa shape index (κ3) is 3.23. The Balaban J connectivity index is 1.60. The first-order valence-electron chi connectivity index (χ1n) is 8.48. The standard InChI is InChI=1S/C20H20N4S/c1-20(22)6-8-24(9-7-20)19-23-18(13-25-19)17-5-4-15-10-14(12-21)2-3-16(15)11-17/h2-5,10-11,13H,6-9,22H2,1H3. The van der Waals surface area contributed by atoms with Crippen LogP contribution in [-0.2, 0) is 0 Å². The van der Waals surface area contributed by atoms with Crippen LogP contribution in [0.5, 0.6) is 0 Å². The highest BCUT2D eigenvalue weighted by Crippen LogP contribution is 2.32. The van der Waals surface area contributed by atoms with E-state index in [2.05, 4.69) is 41.5 Å². The van der Waals surface area contributed by atoms with Gasteiger partial charge in [-0.15, -0.1) is 11.3 Å². The first-order chi connectivity index (χ1) is 12.0. The number of thiazole rings is 1. The number of aromatic nitrogens is 1. The number of piperidine rings is 1. The van der Waals surface area contributed by atoms with Crippen LogP contribution < -0.4 is 10.6 Å². The zero-order valence-electron chi connectivity index (χ0n) is 14.2. The van der Waals surface area contributed by atoms with Gasteiger partial charge in [-0.05, 0) is 48.7 Å². The average Bonchev–Trinajstić information content (AvgIpc) is 3.11. The number of rotatable bonds is 2. The Hall–Kier alpha value is -2.42. The smallest absolute Gasteiger partial charge is 0.185 e. The molecule has 0 aliphatic carbocycles. The van der Waals surface area contributed by atoms with Crippen LogP contribution in [0.2, 0.25) is 0 Å². The van der Waals surface area contributed by atoms with Gasteiger partial charge in [0.05, 0.1) is 17.3 Å². The van der Waals surface area contributed by atoms with Crippen molar-refractivity contribution < 1.29 is 0 Å². The fraction of sp³-hybridized carbons (Fsp3) is 0.300. The van der Waals surface area contributed by atoms with Gasteiger partial charge in [0.25, 0.3) is 0 Å². The Morgan fingerprint density at radius 1 is 1.16 bits per heavy atom. The number of nitriles is 1. The van der Waals surface area contributed by atoms with Gasteiger partial charge in [-0.1, -0.05) is 18.2 Å². The number of anilines is 1. The van der Waals surface area contributed by atoms with E-state index < -0.39 is 0 Å². The summed E-state index contributed by atoms with van der Waals surface area (Å²) in [5.41, 5.74) is 8.99. The van der Waals surface area contributed by atoms with Gasteiger partial charge in [-0.2, -0.15) is 5.26 Å². The fourth-order valence-corrected chi connectivity index (χ4v) is 4.11. The van der Waals surface area contributed by atoms with Crippen LogP contribution in [0.25, 0.3) is 22.0 Å². The van der Waals surface area contributed by atoms with E-state index in [4.69, 9.17) is 16.0 Å². The van der Waals surface area contributed by atoms with E-state index in [0.717, 1.165) is 53.1 Å². The van der Waals surface area contributed by atoms with E-state index in [9.17, 15) is 0 Å². The Kier molecular flexibility index (Phi) is 3.95. The molecule has 1 saturated heterocycles. The highest BCUT2D eigenvalue weighted by atomic mass is 32.1. The Bertz CT molecular complexity index is 957. The zero-order valence-corrected chi connectivity index (χ0v) is 15.0. The number of fused-ring (bicyclic) bond motifs is 1. The number of nitrogens with two attached hydrogens (primary N) is 1. The molecule has 2 heterocycles. The normalized spacial score (nSPS) is 16.8. The highest BCUT2D eigenvalue weighted by Gasteiger charge is 2.27. The van der Waals surface area contributed by atoms with Crippen molar-refractivity contribution in [2.45, 2.75) is 25.3 Å². The molecule has 4 nitrogen and oxygen atoms in total. The van der Waals surface area contributed by atoms with Crippen molar-refractivity contribution >= 4 is 27.2 Å². The van der Waals surface area contributed by atoms with Gasteiger partial charge in [-0.3, -0.25) is 0 Å². The van der Waals surface area contributed by atoms with Crippen LogP contribution in [0.3, 0.4) is 0 Å². The zero-order chi connectivity index (χ0) is 17.4. The summed E-state index contributed by atoms with van der Waals surface area (Å²) in [6, 6.07) is 14.2. The second kappa shape index (κ2) is 6.14. The molecule has 1 aliphatic heterocycles. The predicted octanol–water partition coefficient (Wildman–Crippen LogP) is 4.15. The lowest BCUT2D eigenvalue weighted by Crippen LogP contribution is -2.48. The summed E-state index contributed by atoms with van der Waals surface area (Å²) in [5, 5.41) is 14.4. The first kappa shape index (κ1) is 16.1. The summed E-state index contributed by atoms with van der Waals surface area (Å²) < 4.78 is 0. The fourth-order valence-electron chi connectivity index (χ4n) is 3.23. The van der Waals surface area contributed by atoms with E-state index >= 15 is 0 Å². The van der Waals surface area contributed by atoms with Gasteiger partial charge in [0.2, 0.25) is 0 Å². The van der Waals surface area contributed by atoms with Gasteiger partial charge in [0.1, 0.15) is 0 Å². The molecule has 0 amide bonds. The molecule has 0 atom stereocenters. The van der Waals surface area contributed by atoms with Crippen molar-refractivity contribution in [2.24, 2.45) is 5.73 Å². The molecular formula is C20H20N4S. The SMILES string of the molecule is CC1(N)CCN(c2nc(-c3ccc4cc(C#N)ccc4c3)cs2)CC1. The predicted molar refractivity (Wildman–Crippen MR) is 104 cm³/mol. The molecular weight excluding hydrogens is 328 g/mol. The van der Waals surface area contributed by atoms with E-state index in [-0.39, 0.29) is 5.54 Å². The Labute approximate surface area is 151 Å². The summed E-state index contributed by atoms with van der Waals surface area (Å²) in [5.74, 6) is 0. The molecule has 0 saturated carbocycles. The van der Waals surface area contributed by atoms with Gasteiger partial charge >= 0.3 is 0 Å². The summed E-state index contributed by atoms with van der Waals surface area (Å²) in [7, 11) is 0. The molecule has 3 aromatic rings. The Morgan fingerprint density at radius 3 is 2.64 bits per heavy atom. The van der Waals surface area contributed by atoms with Gasteiger partial charge in [-0.25, -0.2) is 4.98 Å². The number of benzene rings is 2. The second-order valence-electron chi connectivity index (χ2n) is 7.04. The topological polar surface area (TPSA) is 65.9 Å². The molecule has 126 valence electrons. The van der Waals surface area contributed by atoms with Crippen LogP contribution in [0.15, 0.2) is 41.8 Å². The second-order valence-corrected chi connectivity index (χ2v) is 7.88. The maximum Gasteiger partial charge on any atom is 0.185 e. The summed E-state index contributed by atoms with van der Waals surface area (Å²) in [6.45, 7) is 4.06. The number of nitrogens with zero attached hydrogens (tertiary/aromatic N) is 3. The van der Waals surface area contributed by atoms with Gasteiger partial charge < -0.3 is 10.6 Å². The molecule has 0 bridgehead atoms. The number of hydrogen-bond donors (Lipinski definition) is 1. The van der Waals surface area contributed by atoms with E-state index in [1.165, 1.54) is 0 Å². The lowest BCUT2D eigenvalue weighted by Gasteiger charge is -2.36. The van der Waals surface area contributed by atoms with Crippen molar-refractivity contribution in [1.29, 1.82) is 5.26 Å². The maximum absolute atomic E-state index is 9.02. The minimum atomic E-state index is -0.0444. The van der Waals surface area contributed by atoms with Crippen LogP contribution in [-0.4, -0.2) is 23.6 Å². The van der Waals surface area contributed by atoms with Crippen molar-refractivity contribution in [3.8, 4) is 17.3 Å². The average molecular weight is 348 g/mol. The lowest BCUT2D eigenvalue weighted by atomic mass is 9.91. The molecule has 1 aromatic heterocycles. The minimum absolute atomic E-state index is 0.0444. The van der Waals surface area contributed by atoms with Crippen molar-refractivity contribution in [3.05, 3.63) is 47.3 Å². The highest BCUT2D eigenvalue weighted by molar-refractivity contribution is 7.14. The molecule has 0 spiro atoms. The maximum atomic E-state index is 9.02. The largest absolute Gasteiger partial charge is 0.348 e. The van der Waals surface area contributed by atoms with Gasteiger partial charge in [0, 0.05) is 29.6 Å². The Morgan fingerprint density at radius 2 is 1.88 bits per heavy atom. The molecule has 0 unspecified atom stereocenters. The number of hydrogen-bond acceptors (Lipinski definition) is 5. The lowest BCUT2D eigenvalue weighted by molar-refractivity contribution is 0.364. The monoisotopic (exact) mass is 348 g/mol. The minimum Gasteiger partial charge on any atom is -0.348 e. The summed E-state index contributed by atoms with van der Waals surface area (Å²) in [6.07, 6.45) is 2.00. The summed E-state index contributed by atoms with van der Waals surface area (Å²) >= 11 is 1.69. The molecule has 5 heteroatoms. The van der Waals surface area contributed by atoms with Crippen LogP contribution in [0, 0.1) is 11.3 Å². The first-order valence-corrected chi connectivity index (χ1v) is 9.36. The molecule has 0 radical (unpaired) electrons. The van der Waals surface area contributed by atoms with Crippen molar-refractivity contribution in [1.82, 2.24) is 4.98 Å². The van der Waals surface area contributed by atoms with Crippen LogP contribution in [0.1, 0.15) is 25.3 Å². The quantitative estimate of drug-likeness (QED) is 0.755. The van der Waals surface area contributed by atoms with Crippen LogP contribution >= 0.6 is 11.3 Å². The third-order valence-corrected chi connectivity index (χ3v) is 5.83. The molecule has 2 aromatic carbocycles. The van der Waals surface area contributed by atoms with Gasteiger partial charge in [0.15, 0.2) is 5.13 Å². The van der Waals surface area contributed by atoms with E-state index in [1.54, 1.807) is 11.3 Å². The molecule has 4 rings (SSSR count). The third-order valence-electron chi connectivity index (χ3n) is 4.93. The van der Waals surface area contributed by atoms with E-state index in [0.29, 0.717) is 5.56 Å². The molecule has 1 fully saturated rings. The van der Waals surface area contributed by atoms with E-state index in [1.807, 2.05) is 18.2 Å². The summed E-state index contributed by atoms with van der Waals surface area (Å²) in [4.78, 5) is 7.18.